The fourth-order valence-corrected chi connectivity index (χ4v) is 1.55. The van der Waals surface area contributed by atoms with E-state index < -0.39 is 0 Å². The van der Waals surface area contributed by atoms with E-state index in [0.717, 1.165) is 10.6 Å². The van der Waals surface area contributed by atoms with Crippen LogP contribution in [0.2, 0.25) is 5.02 Å². The predicted molar refractivity (Wildman–Crippen MR) is 60.6 cm³/mol. The first-order chi connectivity index (χ1) is 7.25. The van der Waals surface area contributed by atoms with Crippen molar-refractivity contribution in [1.82, 2.24) is 9.78 Å². The van der Waals surface area contributed by atoms with Crippen LogP contribution < -0.4 is 5.73 Å². The third-order valence-electron chi connectivity index (χ3n) is 2.24. The van der Waals surface area contributed by atoms with Gasteiger partial charge >= 0.3 is 0 Å². The molecule has 0 bridgehead atoms. The van der Waals surface area contributed by atoms with Crippen molar-refractivity contribution in [3.8, 4) is 0 Å². The Labute approximate surface area is 93.5 Å². The molecule has 0 saturated carbocycles. The lowest BCUT2D eigenvalue weighted by atomic mass is 10.1. The molecule has 1 unspecified atom stereocenters. The molecule has 1 aromatic heterocycles. The summed E-state index contributed by atoms with van der Waals surface area (Å²) in [7, 11) is 0. The molecule has 0 spiro atoms. The number of hydrogen-bond acceptors (Lipinski definition) is 2. The van der Waals surface area contributed by atoms with Crippen LogP contribution in [0.1, 0.15) is 11.6 Å². The number of aromatic nitrogens is 2. The molecule has 0 amide bonds. The Morgan fingerprint density at radius 2 is 2.07 bits per heavy atom. The Morgan fingerprint density at radius 3 is 2.67 bits per heavy atom. The summed E-state index contributed by atoms with van der Waals surface area (Å²) < 4.78 is 1.82. The molecule has 0 fully saturated rings. The van der Waals surface area contributed by atoms with E-state index in [0.29, 0.717) is 6.54 Å². The van der Waals surface area contributed by atoms with E-state index in [4.69, 9.17) is 17.3 Å². The zero-order valence-corrected chi connectivity index (χ0v) is 8.93. The van der Waals surface area contributed by atoms with Crippen molar-refractivity contribution < 1.29 is 0 Å². The molecule has 3 nitrogen and oxygen atoms in total. The molecular formula is C11H12ClN3. The van der Waals surface area contributed by atoms with Gasteiger partial charge in [-0.05, 0) is 23.8 Å². The quantitative estimate of drug-likeness (QED) is 0.864. The smallest absolute Gasteiger partial charge is 0.0602 e. The summed E-state index contributed by atoms with van der Waals surface area (Å²) in [5, 5.41) is 4.84. The fourth-order valence-electron chi connectivity index (χ4n) is 1.43. The molecule has 1 atom stereocenters. The van der Waals surface area contributed by atoms with Gasteiger partial charge in [0.05, 0.1) is 6.54 Å². The van der Waals surface area contributed by atoms with Gasteiger partial charge in [-0.25, -0.2) is 0 Å². The van der Waals surface area contributed by atoms with Crippen LogP contribution in [0.25, 0.3) is 0 Å². The molecule has 0 aliphatic rings. The average Bonchev–Trinajstić information content (AvgIpc) is 2.71. The van der Waals surface area contributed by atoms with Crippen molar-refractivity contribution in [2.45, 2.75) is 12.6 Å². The highest BCUT2D eigenvalue weighted by atomic mass is 35.5. The molecule has 1 heterocycles. The van der Waals surface area contributed by atoms with Gasteiger partial charge < -0.3 is 5.73 Å². The minimum atomic E-state index is -0.0535. The highest BCUT2D eigenvalue weighted by Crippen LogP contribution is 2.15. The molecule has 1 aromatic carbocycles. The van der Waals surface area contributed by atoms with E-state index >= 15 is 0 Å². The van der Waals surface area contributed by atoms with Crippen molar-refractivity contribution in [1.29, 1.82) is 0 Å². The molecule has 78 valence electrons. The Balaban J connectivity index is 2.08. The zero-order valence-electron chi connectivity index (χ0n) is 8.18. The van der Waals surface area contributed by atoms with Gasteiger partial charge in [-0.1, -0.05) is 23.7 Å². The van der Waals surface area contributed by atoms with E-state index in [-0.39, 0.29) is 6.04 Å². The van der Waals surface area contributed by atoms with Crippen LogP contribution in [0, 0.1) is 0 Å². The predicted octanol–water partition coefficient (Wildman–Crippen LogP) is 2.24. The first-order valence-corrected chi connectivity index (χ1v) is 5.12. The number of nitrogens with zero attached hydrogens (tertiary/aromatic N) is 2. The van der Waals surface area contributed by atoms with Crippen LogP contribution in [0.3, 0.4) is 0 Å². The Hall–Kier alpha value is -1.32. The minimum Gasteiger partial charge on any atom is -0.322 e. The van der Waals surface area contributed by atoms with Crippen LogP contribution >= 0.6 is 11.6 Å². The number of halogens is 1. The summed E-state index contributed by atoms with van der Waals surface area (Å²) in [4.78, 5) is 0. The van der Waals surface area contributed by atoms with E-state index in [1.165, 1.54) is 0 Å². The van der Waals surface area contributed by atoms with Gasteiger partial charge in [0.15, 0.2) is 0 Å². The van der Waals surface area contributed by atoms with Gasteiger partial charge in [0.1, 0.15) is 0 Å². The average molecular weight is 222 g/mol. The van der Waals surface area contributed by atoms with Crippen LogP contribution in [0.4, 0.5) is 0 Å². The van der Waals surface area contributed by atoms with Gasteiger partial charge in [0.2, 0.25) is 0 Å². The monoisotopic (exact) mass is 221 g/mol. The van der Waals surface area contributed by atoms with Crippen LogP contribution in [0.15, 0.2) is 42.7 Å². The van der Waals surface area contributed by atoms with E-state index in [9.17, 15) is 0 Å². The van der Waals surface area contributed by atoms with Gasteiger partial charge in [0.25, 0.3) is 0 Å². The molecule has 0 radical (unpaired) electrons. The zero-order chi connectivity index (χ0) is 10.7. The standard InChI is InChI=1S/C11H12ClN3/c12-10-4-2-9(3-5-10)11(13)8-15-7-1-6-14-15/h1-7,11H,8,13H2. The highest BCUT2D eigenvalue weighted by Gasteiger charge is 2.06. The fraction of sp³-hybridized carbons (Fsp3) is 0.182. The van der Waals surface area contributed by atoms with Crippen LogP contribution in [-0.4, -0.2) is 9.78 Å². The minimum absolute atomic E-state index is 0.0535. The maximum absolute atomic E-state index is 6.03. The number of benzene rings is 1. The van der Waals surface area contributed by atoms with Crippen molar-refractivity contribution in [2.75, 3.05) is 0 Å². The van der Waals surface area contributed by atoms with Crippen LogP contribution in [-0.2, 0) is 6.54 Å². The van der Waals surface area contributed by atoms with Crippen molar-refractivity contribution >= 4 is 11.6 Å². The summed E-state index contributed by atoms with van der Waals surface area (Å²) >= 11 is 5.80. The van der Waals surface area contributed by atoms with Gasteiger partial charge in [-0.15, -0.1) is 0 Å². The summed E-state index contributed by atoms with van der Waals surface area (Å²) in [6.07, 6.45) is 3.64. The van der Waals surface area contributed by atoms with E-state index in [2.05, 4.69) is 5.10 Å². The Kier molecular flexibility index (Phi) is 3.04. The molecule has 2 aromatic rings. The Bertz CT molecular complexity index is 408. The number of nitrogens with two attached hydrogens (primary N) is 1. The molecule has 2 rings (SSSR count). The van der Waals surface area contributed by atoms with E-state index in [1.54, 1.807) is 6.20 Å². The normalized spacial score (nSPS) is 12.7. The second-order valence-corrected chi connectivity index (χ2v) is 3.82. The van der Waals surface area contributed by atoms with Crippen molar-refractivity contribution in [2.24, 2.45) is 5.73 Å². The summed E-state index contributed by atoms with van der Waals surface area (Å²) in [5.74, 6) is 0. The third kappa shape index (κ3) is 2.58. The van der Waals surface area contributed by atoms with Gasteiger partial charge in [0, 0.05) is 23.5 Å². The maximum atomic E-state index is 6.03. The third-order valence-corrected chi connectivity index (χ3v) is 2.49. The number of rotatable bonds is 3. The lowest BCUT2D eigenvalue weighted by molar-refractivity contribution is 0.528. The van der Waals surface area contributed by atoms with Gasteiger partial charge in [-0.3, -0.25) is 4.68 Å². The Morgan fingerprint density at radius 1 is 1.33 bits per heavy atom. The first kappa shape index (κ1) is 10.2. The topological polar surface area (TPSA) is 43.8 Å². The molecule has 0 aliphatic heterocycles. The van der Waals surface area contributed by atoms with Crippen LogP contribution in [0.5, 0.6) is 0 Å². The first-order valence-electron chi connectivity index (χ1n) is 4.74. The highest BCUT2D eigenvalue weighted by molar-refractivity contribution is 6.30. The molecule has 0 saturated heterocycles. The van der Waals surface area contributed by atoms with E-state index in [1.807, 2.05) is 41.2 Å². The largest absolute Gasteiger partial charge is 0.322 e. The summed E-state index contributed by atoms with van der Waals surface area (Å²) in [5.41, 5.74) is 7.10. The lowest BCUT2D eigenvalue weighted by Gasteiger charge is -2.11. The molecular weight excluding hydrogens is 210 g/mol. The molecule has 4 heteroatoms. The molecule has 15 heavy (non-hydrogen) atoms. The van der Waals surface area contributed by atoms with Crippen molar-refractivity contribution in [3.05, 3.63) is 53.3 Å². The summed E-state index contributed by atoms with van der Waals surface area (Å²) in [6.45, 7) is 0.675. The lowest BCUT2D eigenvalue weighted by Crippen LogP contribution is -2.17. The van der Waals surface area contributed by atoms with Gasteiger partial charge in [-0.2, -0.15) is 5.10 Å². The summed E-state index contributed by atoms with van der Waals surface area (Å²) in [6, 6.07) is 9.41. The van der Waals surface area contributed by atoms with Crippen molar-refractivity contribution in [3.63, 3.8) is 0 Å². The SMILES string of the molecule is NC(Cn1cccn1)c1ccc(Cl)cc1. The molecule has 2 N–H and O–H groups in total. The molecule has 0 aliphatic carbocycles. The maximum Gasteiger partial charge on any atom is 0.0602 e. The number of hydrogen-bond donors (Lipinski definition) is 1. The second-order valence-electron chi connectivity index (χ2n) is 3.39. The second kappa shape index (κ2) is 4.47.